The van der Waals surface area contributed by atoms with Crippen molar-refractivity contribution in [3.8, 4) is 0 Å². The van der Waals surface area contributed by atoms with Crippen LogP contribution in [0.25, 0.3) is 6.08 Å². The molecule has 0 unspecified atom stereocenters. The van der Waals surface area contributed by atoms with Crippen molar-refractivity contribution in [1.29, 1.82) is 0 Å². The first kappa shape index (κ1) is 10.4. The Kier molecular flexibility index (Phi) is 3.34. The number of amides is 1. The number of halogens is 2. The lowest BCUT2D eigenvalue weighted by molar-refractivity contribution is -0.118. The van der Waals surface area contributed by atoms with Crippen LogP contribution < -0.4 is 5.32 Å². The Morgan fingerprint density at radius 1 is 1.36 bits per heavy atom. The molecule has 1 aromatic carbocycles. The summed E-state index contributed by atoms with van der Waals surface area (Å²) in [6, 6.07) is 3.58. The molecule has 4 heteroatoms. The van der Waals surface area contributed by atoms with Gasteiger partial charge in [-0.3, -0.25) is 4.79 Å². The molecule has 0 atom stereocenters. The van der Waals surface area contributed by atoms with Crippen LogP contribution in [0.4, 0.5) is 8.78 Å². The molecule has 0 heterocycles. The number of rotatable bonds is 2. The smallest absolute Gasteiger partial charge is 0.220 e. The fourth-order valence-electron chi connectivity index (χ4n) is 0.912. The van der Waals surface area contributed by atoms with Gasteiger partial charge in [-0.25, -0.2) is 8.78 Å². The summed E-state index contributed by atoms with van der Waals surface area (Å²) in [6.45, 7) is 1.31. The van der Waals surface area contributed by atoms with Gasteiger partial charge in [0.2, 0.25) is 5.91 Å². The number of hydrogen-bond acceptors (Lipinski definition) is 1. The number of carbonyl (C=O) groups is 1. The summed E-state index contributed by atoms with van der Waals surface area (Å²) in [6.07, 6.45) is 2.37. The molecule has 74 valence electrons. The van der Waals surface area contributed by atoms with E-state index in [1.807, 2.05) is 0 Å². The van der Waals surface area contributed by atoms with Crippen LogP contribution in [-0.2, 0) is 4.79 Å². The highest BCUT2D eigenvalue weighted by Gasteiger charge is 2.03. The lowest BCUT2D eigenvalue weighted by atomic mass is 10.2. The van der Waals surface area contributed by atoms with Crippen molar-refractivity contribution < 1.29 is 13.6 Å². The molecule has 0 aromatic heterocycles. The first-order valence-corrected chi connectivity index (χ1v) is 3.99. The maximum atomic E-state index is 13.0. The number of hydrogen-bond donors (Lipinski definition) is 1. The highest BCUT2D eigenvalue weighted by Crippen LogP contribution is 2.12. The SMILES string of the molecule is CC(=O)N/C=C/c1c(F)cccc1F. The van der Waals surface area contributed by atoms with Gasteiger partial charge in [-0.05, 0) is 18.2 Å². The fraction of sp³-hybridized carbons (Fsp3) is 0.100. The van der Waals surface area contributed by atoms with E-state index in [-0.39, 0.29) is 11.5 Å². The van der Waals surface area contributed by atoms with E-state index in [1.165, 1.54) is 25.3 Å². The molecule has 0 bridgehead atoms. The summed E-state index contributed by atoms with van der Waals surface area (Å²) in [5, 5.41) is 2.30. The van der Waals surface area contributed by atoms with Crippen molar-refractivity contribution in [1.82, 2.24) is 5.32 Å². The Morgan fingerprint density at radius 3 is 2.43 bits per heavy atom. The van der Waals surface area contributed by atoms with Crippen molar-refractivity contribution >= 4 is 12.0 Å². The molecule has 0 radical (unpaired) electrons. The Balaban J connectivity index is 2.85. The molecule has 0 aliphatic carbocycles. The molecule has 0 aliphatic rings. The van der Waals surface area contributed by atoms with Gasteiger partial charge in [-0.15, -0.1) is 0 Å². The van der Waals surface area contributed by atoms with Crippen LogP contribution in [0.1, 0.15) is 12.5 Å². The van der Waals surface area contributed by atoms with Crippen LogP contribution in [0, 0.1) is 11.6 Å². The zero-order chi connectivity index (χ0) is 10.6. The minimum Gasteiger partial charge on any atom is -0.333 e. The quantitative estimate of drug-likeness (QED) is 0.772. The van der Waals surface area contributed by atoms with Crippen LogP contribution in [0.15, 0.2) is 24.4 Å². The minimum absolute atomic E-state index is 0.166. The second-order valence-corrected chi connectivity index (χ2v) is 2.67. The third kappa shape index (κ3) is 2.65. The molecule has 1 amide bonds. The van der Waals surface area contributed by atoms with Crippen LogP contribution in [-0.4, -0.2) is 5.91 Å². The molecule has 0 fully saturated rings. The summed E-state index contributed by atoms with van der Waals surface area (Å²) in [7, 11) is 0. The molecule has 0 aliphatic heterocycles. The summed E-state index contributed by atoms with van der Waals surface area (Å²) >= 11 is 0. The predicted octanol–water partition coefficient (Wildman–Crippen LogP) is 2.07. The van der Waals surface area contributed by atoms with Crippen molar-refractivity contribution in [2.75, 3.05) is 0 Å². The topological polar surface area (TPSA) is 29.1 Å². The molecule has 0 spiro atoms. The second-order valence-electron chi connectivity index (χ2n) is 2.67. The lowest BCUT2D eigenvalue weighted by Gasteiger charge is -1.98. The molecule has 1 aromatic rings. The first-order valence-electron chi connectivity index (χ1n) is 3.99. The maximum absolute atomic E-state index is 13.0. The van der Waals surface area contributed by atoms with E-state index in [9.17, 15) is 13.6 Å². The van der Waals surface area contributed by atoms with Crippen LogP contribution in [0.5, 0.6) is 0 Å². The van der Waals surface area contributed by atoms with E-state index in [4.69, 9.17) is 0 Å². The van der Waals surface area contributed by atoms with E-state index in [2.05, 4.69) is 5.32 Å². The average molecular weight is 197 g/mol. The number of benzene rings is 1. The van der Waals surface area contributed by atoms with Crippen molar-refractivity contribution in [3.63, 3.8) is 0 Å². The van der Waals surface area contributed by atoms with E-state index >= 15 is 0 Å². The van der Waals surface area contributed by atoms with Gasteiger partial charge in [0.05, 0.1) is 0 Å². The molecule has 2 nitrogen and oxygen atoms in total. The average Bonchev–Trinajstić information content (AvgIpc) is 2.09. The molecule has 0 saturated carbocycles. The van der Waals surface area contributed by atoms with Crippen LogP contribution in [0.3, 0.4) is 0 Å². The van der Waals surface area contributed by atoms with E-state index in [1.54, 1.807) is 0 Å². The van der Waals surface area contributed by atoms with Crippen molar-refractivity contribution in [2.24, 2.45) is 0 Å². The Bertz CT molecular complexity index is 354. The van der Waals surface area contributed by atoms with Gasteiger partial charge < -0.3 is 5.32 Å². The third-order valence-corrected chi connectivity index (χ3v) is 1.54. The maximum Gasteiger partial charge on any atom is 0.220 e. The zero-order valence-electron chi connectivity index (χ0n) is 7.55. The number of carbonyl (C=O) groups excluding carboxylic acids is 1. The second kappa shape index (κ2) is 4.50. The fourth-order valence-corrected chi connectivity index (χ4v) is 0.912. The Labute approximate surface area is 80.2 Å². The molecule has 0 saturated heterocycles. The molecule has 1 N–H and O–H groups in total. The lowest BCUT2D eigenvalue weighted by Crippen LogP contribution is -2.11. The van der Waals surface area contributed by atoms with E-state index < -0.39 is 11.6 Å². The normalized spacial score (nSPS) is 10.5. The van der Waals surface area contributed by atoms with Gasteiger partial charge in [-0.1, -0.05) is 6.07 Å². The van der Waals surface area contributed by atoms with E-state index in [0.29, 0.717) is 0 Å². The van der Waals surface area contributed by atoms with Gasteiger partial charge in [0.15, 0.2) is 0 Å². The Morgan fingerprint density at radius 2 is 1.93 bits per heavy atom. The van der Waals surface area contributed by atoms with Crippen molar-refractivity contribution in [3.05, 3.63) is 41.6 Å². The van der Waals surface area contributed by atoms with Gasteiger partial charge in [0.25, 0.3) is 0 Å². The van der Waals surface area contributed by atoms with Gasteiger partial charge in [-0.2, -0.15) is 0 Å². The molecular weight excluding hydrogens is 188 g/mol. The summed E-state index contributed by atoms with van der Waals surface area (Å²) in [5.74, 6) is -1.61. The summed E-state index contributed by atoms with van der Waals surface area (Å²) in [4.78, 5) is 10.5. The monoisotopic (exact) mass is 197 g/mol. The predicted molar refractivity (Wildman–Crippen MR) is 49.2 cm³/mol. The van der Waals surface area contributed by atoms with Crippen molar-refractivity contribution in [2.45, 2.75) is 6.92 Å². The summed E-state index contributed by atoms with van der Waals surface area (Å²) in [5.41, 5.74) is -0.166. The van der Waals surface area contributed by atoms with Crippen LogP contribution >= 0.6 is 0 Å². The molecule has 1 rings (SSSR count). The third-order valence-electron chi connectivity index (χ3n) is 1.54. The first-order chi connectivity index (χ1) is 6.61. The minimum atomic E-state index is -0.661. The molecular formula is C10H9F2NO. The van der Waals surface area contributed by atoms with Gasteiger partial charge in [0.1, 0.15) is 11.6 Å². The van der Waals surface area contributed by atoms with Gasteiger partial charge in [0, 0.05) is 18.7 Å². The zero-order valence-corrected chi connectivity index (χ0v) is 7.55. The Hall–Kier alpha value is -1.71. The van der Waals surface area contributed by atoms with Crippen LogP contribution in [0.2, 0.25) is 0 Å². The molecule has 14 heavy (non-hydrogen) atoms. The highest BCUT2D eigenvalue weighted by atomic mass is 19.1. The number of nitrogens with one attached hydrogen (secondary N) is 1. The van der Waals surface area contributed by atoms with E-state index in [0.717, 1.165) is 12.1 Å². The highest BCUT2D eigenvalue weighted by molar-refractivity contribution is 5.75. The van der Waals surface area contributed by atoms with Gasteiger partial charge >= 0.3 is 0 Å². The standard InChI is InChI=1S/C10H9F2NO/c1-7(14)13-6-5-8-9(11)3-2-4-10(8)12/h2-6H,1H3,(H,13,14)/b6-5+. The largest absolute Gasteiger partial charge is 0.333 e. The summed E-state index contributed by atoms with van der Waals surface area (Å²) < 4.78 is 25.9.